The molecule has 116 valence electrons. The molecule has 0 bridgehead atoms. The Hall–Kier alpha value is -1.43. The molecule has 1 aliphatic rings. The van der Waals surface area contributed by atoms with Crippen LogP contribution in [-0.4, -0.2) is 22.0 Å². The Morgan fingerprint density at radius 2 is 2.00 bits per heavy atom. The molecule has 0 unspecified atom stereocenters. The lowest BCUT2D eigenvalue weighted by Gasteiger charge is -2.27. The normalized spacial score (nSPS) is 18.0. The Morgan fingerprint density at radius 1 is 1.33 bits per heavy atom. The lowest BCUT2D eigenvalue weighted by Crippen LogP contribution is -2.37. The molecule has 1 saturated carbocycles. The van der Waals surface area contributed by atoms with Gasteiger partial charge >= 0.3 is 5.97 Å². The summed E-state index contributed by atoms with van der Waals surface area (Å²) in [6.45, 7) is 2.29. The first-order valence-corrected chi connectivity index (χ1v) is 8.31. The van der Waals surface area contributed by atoms with Crippen LogP contribution in [0.5, 0.6) is 0 Å². The summed E-state index contributed by atoms with van der Waals surface area (Å²) in [4.78, 5) is 28.1. The van der Waals surface area contributed by atoms with Gasteiger partial charge in [0.25, 0.3) is 0 Å². The van der Waals surface area contributed by atoms with Crippen molar-refractivity contribution in [1.29, 1.82) is 0 Å². The smallest absolute Gasteiger partial charge is 0.310 e. The SMILES string of the molecule is Cc1csc(CNC(=O)CC2(C(=O)O)CCCCCC2)n1. The van der Waals surface area contributed by atoms with Gasteiger partial charge in [0.05, 0.1) is 12.0 Å². The summed E-state index contributed by atoms with van der Waals surface area (Å²) >= 11 is 1.50. The van der Waals surface area contributed by atoms with Crippen LogP contribution in [-0.2, 0) is 16.1 Å². The van der Waals surface area contributed by atoms with Crippen molar-refractivity contribution in [2.75, 3.05) is 0 Å². The quantitative estimate of drug-likeness (QED) is 0.820. The first-order valence-electron chi connectivity index (χ1n) is 7.43. The second kappa shape index (κ2) is 7.02. The monoisotopic (exact) mass is 310 g/mol. The van der Waals surface area contributed by atoms with Gasteiger partial charge in [-0.25, -0.2) is 4.98 Å². The van der Waals surface area contributed by atoms with Crippen LogP contribution in [0.2, 0.25) is 0 Å². The highest BCUT2D eigenvalue weighted by Crippen LogP contribution is 2.38. The Balaban J connectivity index is 1.93. The van der Waals surface area contributed by atoms with E-state index in [0.717, 1.165) is 36.4 Å². The number of hydrogen-bond donors (Lipinski definition) is 2. The van der Waals surface area contributed by atoms with Crippen molar-refractivity contribution in [3.05, 3.63) is 16.1 Å². The predicted molar refractivity (Wildman–Crippen MR) is 81.1 cm³/mol. The van der Waals surface area contributed by atoms with Crippen LogP contribution in [0.4, 0.5) is 0 Å². The van der Waals surface area contributed by atoms with Gasteiger partial charge in [0.2, 0.25) is 5.91 Å². The lowest BCUT2D eigenvalue weighted by molar-refractivity contribution is -0.152. The minimum Gasteiger partial charge on any atom is -0.481 e. The van der Waals surface area contributed by atoms with Crippen molar-refractivity contribution >= 4 is 23.2 Å². The minimum atomic E-state index is -0.876. The molecule has 1 heterocycles. The summed E-state index contributed by atoms with van der Waals surface area (Å²) in [6, 6.07) is 0. The van der Waals surface area contributed by atoms with Crippen molar-refractivity contribution in [2.24, 2.45) is 5.41 Å². The van der Waals surface area contributed by atoms with Crippen LogP contribution in [0.3, 0.4) is 0 Å². The standard InChI is InChI=1S/C15H22N2O3S/c1-11-10-21-13(17-11)9-16-12(18)8-15(14(19)20)6-4-2-3-5-7-15/h10H,2-9H2,1H3,(H,16,18)(H,19,20). The van der Waals surface area contributed by atoms with Crippen LogP contribution in [0.15, 0.2) is 5.38 Å². The molecular weight excluding hydrogens is 288 g/mol. The second-order valence-corrected chi connectivity index (χ2v) is 6.78. The molecule has 1 fully saturated rings. The van der Waals surface area contributed by atoms with Gasteiger partial charge < -0.3 is 10.4 Å². The van der Waals surface area contributed by atoms with Crippen LogP contribution in [0, 0.1) is 12.3 Å². The number of amides is 1. The zero-order valence-electron chi connectivity index (χ0n) is 12.4. The molecule has 0 spiro atoms. The minimum absolute atomic E-state index is 0.0761. The number of carboxylic acid groups (broad SMARTS) is 1. The lowest BCUT2D eigenvalue weighted by atomic mass is 9.77. The molecule has 5 nitrogen and oxygen atoms in total. The van der Waals surface area contributed by atoms with E-state index in [1.54, 1.807) is 0 Å². The Labute approximate surface area is 128 Å². The molecule has 2 N–H and O–H groups in total. The highest BCUT2D eigenvalue weighted by atomic mass is 32.1. The van der Waals surface area contributed by atoms with E-state index in [1.807, 2.05) is 12.3 Å². The third-order valence-electron chi connectivity index (χ3n) is 4.12. The van der Waals surface area contributed by atoms with Crippen molar-refractivity contribution in [2.45, 2.75) is 58.4 Å². The average molecular weight is 310 g/mol. The number of aliphatic carboxylic acids is 1. The molecule has 0 saturated heterocycles. The summed E-state index contributed by atoms with van der Waals surface area (Å²) in [7, 11) is 0. The van der Waals surface area contributed by atoms with Gasteiger partial charge in [-0.3, -0.25) is 9.59 Å². The number of carbonyl (C=O) groups is 2. The Kier molecular flexibility index (Phi) is 5.33. The fourth-order valence-electron chi connectivity index (χ4n) is 2.90. The third-order valence-corrected chi connectivity index (χ3v) is 5.08. The molecule has 0 aromatic carbocycles. The largest absolute Gasteiger partial charge is 0.481 e. The number of aryl methyl sites for hydroxylation is 1. The van der Waals surface area contributed by atoms with E-state index in [1.165, 1.54) is 11.3 Å². The number of nitrogens with one attached hydrogen (secondary N) is 1. The van der Waals surface area contributed by atoms with Gasteiger partial charge in [0.1, 0.15) is 5.01 Å². The van der Waals surface area contributed by atoms with E-state index in [0.29, 0.717) is 19.4 Å². The predicted octanol–water partition coefficient (Wildman–Crippen LogP) is 2.88. The first kappa shape index (κ1) is 15.9. The first-order chi connectivity index (χ1) is 10.0. The van der Waals surface area contributed by atoms with Crippen LogP contribution in [0.1, 0.15) is 55.6 Å². The van der Waals surface area contributed by atoms with E-state index in [9.17, 15) is 14.7 Å². The topological polar surface area (TPSA) is 79.3 Å². The fraction of sp³-hybridized carbons (Fsp3) is 0.667. The molecule has 1 amide bonds. The zero-order valence-corrected chi connectivity index (χ0v) is 13.2. The molecule has 21 heavy (non-hydrogen) atoms. The van der Waals surface area contributed by atoms with Gasteiger partial charge in [-0.1, -0.05) is 25.7 Å². The highest BCUT2D eigenvalue weighted by molar-refractivity contribution is 7.09. The third kappa shape index (κ3) is 4.27. The van der Waals surface area contributed by atoms with Crippen LogP contribution < -0.4 is 5.32 Å². The van der Waals surface area contributed by atoms with Crippen LogP contribution >= 0.6 is 11.3 Å². The molecular formula is C15H22N2O3S. The van der Waals surface area contributed by atoms with Gasteiger partial charge in [0, 0.05) is 17.5 Å². The maximum absolute atomic E-state index is 12.1. The van der Waals surface area contributed by atoms with Crippen molar-refractivity contribution in [1.82, 2.24) is 10.3 Å². The van der Waals surface area contributed by atoms with Crippen LogP contribution in [0.25, 0.3) is 0 Å². The Morgan fingerprint density at radius 3 is 2.52 bits per heavy atom. The Bertz CT molecular complexity index is 505. The molecule has 1 aliphatic carbocycles. The molecule has 6 heteroatoms. The van der Waals surface area contributed by atoms with E-state index in [2.05, 4.69) is 10.3 Å². The fourth-order valence-corrected chi connectivity index (χ4v) is 3.61. The van der Waals surface area contributed by atoms with Gasteiger partial charge in [0.15, 0.2) is 0 Å². The van der Waals surface area contributed by atoms with E-state index in [-0.39, 0.29) is 12.3 Å². The second-order valence-electron chi connectivity index (χ2n) is 5.84. The van der Waals surface area contributed by atoms with Crippen molar-refractivity contribution < 1.29 is 14.7 Å². The summed E-state index contributed by atoms with van der Waals surface area (Å²) < 4.78 is 0. The molecule has 1 aromatic rings. The number of nitrogens with zero attached hydrogens (tertiary/aromatic N) is 1. The average Bonchev–Trinajstić information content (AvgIpc) is 2.71. The number of rotatable bonds is 5. The molecule has 0 aliphatic heterocycles. The number of hydrogen-bond acceptors (Lipinski definition) is 4. The number of carbonyl (C=O) groups excluding carboxylic acids is 1. The van der Waals surface area contributed by atoms with E-state index >= 15 is 0 Å². The molecule has 2 rings (SSSR count). The number of thiazole rings is 1. The molecule has 1 aromatic heterocycles. The van der Waals surface area contributed by atoms with E-state index < -0.39 is 11.4 Å². The molecule has 0 atom stereocenters. The van der Waals surface area contributed by atoms with Gasteiger partial charge in [-0.2, -0.15) is 0 Å². The summed E-state index contributed by atoms with van der Waals surface area (Å²) in [6.07, 6.45) is 5.20. The summed E-state index contributed by atoms with van der Waals surface area (Å²) in [5.41, 5.74) is 0.0642. The summed E-state index contributed by atoms with van der Waals surface area (Å²) in [5, 5.41) is 15.2. The van der Waals surface area contributed by atoms with Gasteiger partial charge in [-0.05, 0) is 19.8 Å². The zero-order chi connectivity index (χ0) is 15.3. The number of aromatic nitrogens is 1. The van der Waals surface area contributed by atoms with Crippen molar-refractivity contribution in [3.8, 4) is 0 Å². The van der Waals surface area contributed by atoms with Crippen molar-refractivity contribution in [3.63, 3.8) is 0 Å². The van der Waals surface area contributed by atoms with Gasteiger partial charge in [-0.15, -0.1) is 11.3 Å². The maximum Gasteiger partial charge on any atom is 0.310 e. The summed E-state index contributed by atoms with van der Waals surface area (Å²) in [5.74, 6) is -1.02. The maximum atomic E-state index is 12.1. The van der Waals surface area contributed by atoms with E-state index in [4.69, 9.17) is 0 Å². The molecule has 0 radical (unpaired) electrons. The highest BCUT2D eigenvalue weighted by Gasteiger charge is 2.40. The number of carboxylic acids is 1.